The Balaban J connectivity index is 1.90. The Labute approximate surface area is 148 Å². The van der Waals surface area contributed by atoms with Gasteiger partial charge in [0.05, 0.1) is 28.3 Å². The normalized spacial score (nSPS) is 11.8. The summed E-state index contributed by atoms with van der Waals surface area (Å²) in [5.41, 5.74) is -1.52. The van der Waals surface area contributed by atoms with Gasteiger partial charge in [0, 0.05) is 0 Å². The molecule has 0 aliphatic heterocycles. The number of benzene rings is 1. The van der Waals surface area contributed by atoms with E-state index in [0.717, 1.165) is 17.4 Å². The number of rotatable bonds is 3. The highest BCUT2D eigenvalue weighted by molar-refractivity contribution is 7.18. The Bertz CT molecular complexity index is 1000. The molecule has 0 saturated carbocycles. The summed E-state index contributed by atoms with van der Waals surface area (Å²) < 4.78 is 52.9. The molecule has 3 rings (SSSR count). The van der Waals surface area contributed by atoms with Crippen molar-refractivity contribution in [1.29, 1.82) is 0 Å². The van der Waals surface area contributed by atoms with Gasteiger partial charge in [-0.05, 0) is 31.2 Å². The predicted molar refractivity (Wildman–Crippen MR) is 87.4 cm³/mol. The van der Waals surface area contributed by atoms with Crippen LogP contribution in [0.2, 0.25) is 0 Å². The molecule has 5 nitrogen and oxygen atoms in total. The molecule has 0 unspecified atom stereocenters. The maximum atomic E-state index is 14.5. The van der Waals surface area contributed by atoms with Gasteiger partial charge in [-0.25, -0.2) is 14.4 Å². The zero-order valence-corrected chi connectivity index (χ0v) is 14.0. The van der Waals surface area contributed by atoms with Crippen molar-refractivity contribution in [2.75, 3.05) is 5.32 Å². The van der Waals surface area contributed by atoms with Crippen molar-refractivity contribution in [2.45, 2.75) is 19.7 Å². The van der Waals surface area contributed by atoms with Crippen molar-refractivity contribution in [2.24, 2.45) is 0 Å². The fourth-order valence-electron chi connectivity index (χ4n) is 2.32. The summed E-state index contributed by atoms with van der Waals surface area (Å²) in [7, 11) is 0. The number of halogens is 4. The molecule has 2 N–H and O–H groups in total. The molecule has 2 heterocycles. The third kappa shape index (κ3) is 3.37. The second-order valence-corrected chi connectivity index (χ2v) is 6.44. The highest BCUT2D eigenvalue weighted by atomic mass is 32.1. The fourth-order valence-corrected chi connectivity index (χ4v) is 3.14. The number of fused-ring (bicyclic) bond motifs is 1. The number of hydrogen-bond donors (Lipinski definition) is 2. The van der Waals surface area contributed by atoms with E-state index >= 15 is 0 Å². The van der Waals surface area contributed by atoms with Crippen LogP contribution in [0.4, 0.5) is 23.2 Å². The Kier molecular flexibility index (Phi) is 4.63. The lowest BCUT2D eigenvalue weighted by molar-refractivity contribution is -0.141. The molecule has 10 heteroatoms. The molecule has 136 valence electrons. The van der Waals surface area contributed by atoms with Crippen LogP contribution in [-0.4, -0.2) is 21.0 Å². The molecule has 0 aliphatic rings. The van der Waals surface area contributed by atoms with E-state index in [1.54, 1.807) is 0 Å². The maximum Gasteiger partial charge on any atom is 0.433 e. The van der Waals surface area contributed by atoms with Gasteiger partial charge in [0.1, 0.15) is 16.2 Å². The number of aromatic nitrogens is 2. The van der Waals surface area contributed by atoms with Gasteiger partial charge in [-0.1, -0.05) is 0 Å². The Morgan fingerprint density at radius 2 is 1.96 bits per heavy atom. The van der Waals surface area contributed by atoms with Gasteiger partial charge in [0.25, 0.3) is 5.91 Å². The van der Waals surface area contributed by atoms with Crippen LogP contribution >= 0.6 is 11.3 Å². The van der Waals surface area contributed by atoms with Crippen LogP contribution in [0.5, 0.6) is 0 Å². The summed E-state index contributed by atoms with van der Waals surface area (Å²) in [6.45, 7) is 0.925. The number of aliphatic hydroxyl groups excluding tert-OH is 1. The zero-order valence-electron chi connectivity index (χ0n) is 13.2. The van der Waals surface area contributed by atoms with Gasteiger partial charge in [0.2, 0.25) is 0 Å². The van der Waals surface area contributed by atoms with Crippen molar-refractivity contribution < 1.29 is 27.5 Å². The average Bonchev–Trinajstić information content (AvgIpc) is 3.00. The quantitative estimate of drug-likeness (QED) is 0.671. The molecule has 0 bridgehead atoms. The van der Waals surface area contributed by atoms with Crippen LogP contribution in [0.3, 0.4) is 0 Å². The van der Waals surface area contributed by atoms with Gasteiger partial charge in [-0.2, -0.15) is 13.2 Å². The average molecular weight is 385 g/mol. The summed E-state index contributed by atoms with van der Waals surface area (Å²) in [6.07, 6.45) is -4.62. The number of aliphatic hydroxyl groups is 1. The summed E-state index contributed by atoms with van der Waals surface area (Å²) in [4.78, 5) is 19.6. The minimum absolute atomic E-state index is 0.000818. The molecular weight excluding hydrogens is 374 g/mol. The smallest absolute Gasteiger partial charge is 0.389 e. The molecule has 1 aromatic carbocycles. The first-order valence-corrected chi connectivity index (χ1v) is 8.07. The number of pyridine rings is 1. The van der Waals surface area contributed by atoms with E-state index in [4.69, 9.17) is 5.11 Å². The molecule has 0 atom stereocenters. The predicted octanol–water partition coefficient (Wildman–Crippen LogP) is 3.90. The van der Waals surface area contributed by atoms with E-state index in [1.165, 1.54) is 19.1 Å². The van der Waals surface area contributed by atoms with Gasteiger partial charge in [0.15, 0.2) is 5.82 Å². The van der Waals surface area contributed by atoms with Crippen LogP contribution in [-0.2, 0) is 12.8 Å². The van der Waals surface area contributed by atoms with Crippen LogP contribution in [0.1, 0.15) is 26.8 Å². The van der Waals surface area contributed by atoms with Crippen LogP contribution in [0, 0.1) is 12.7 Å². The SMILES string of the molecule is Cc1nc(C(F)(F)F)ccc1C(=O)Nc1ccc2sc(CO)nc2c1F. The Morgan fingerprint density at radius 1 is 1.23 bits per heavy atom. The number of nitrogens with one attached hydrogen (secondary N) is 1. The van der Waals surface area contributed by atoms with Gasteiger partial charge < -0.3 is 10.4 Å². The first-order chi connectivity index (χ1) is 12.2. The lowest BCUT2D eigenvalue weighted by Gasteiger charge is -2.11. The Hall–Kier alpha value is -2.59. The van der Waals surface area contributed by atoms with Crippen molar-refractivity contribution in [1.82, 2.24) is 9.97 Å². The summed E-state index contributed by atoms with van der Waals surface area (Å²) in [5.74, 6) is -1.58. The van der Waals surface area contributed by atoms with Crippen LogP contribution in [0.25, 0.3) is 10.2 Å². The summed E-state index contributed by atoms with van der Waals surface area (Å²) >= 11 is 1.11. The van der Waals surface area contributed by atoms with Crippen molar-refractivity contribution >= 4 is 33.1 Å². The number of thiazole rings is 1. The molecule has 1 amide bonds. The second kappa shape index (κ2) is 6.61. The molecule has 0 aliphatic carbocycles. The van der Waals surface area contributed by atoms with Crippen molar-refractivity contribution in [3.63, 3.8) is 0 Å². The topological polar surface area (TPSA) is 75.1 Å². The standard InChI is InChI=1S/C16H11F4N3O2S/c1-7-8(2-5-11(21-7)16(18,19)20)15(25)22-9-3-4-10-14(13(9)17)23-12(6-24)26-10/h2-5,24H,6H2,1H3,(H,22,25). The number of aryl methyl sites for hydroxylation is 1. The lowest BCUT2D eigenvalue weighted by atomic mass is 10.1. The van der Waals surface area contributed by atoms with Gasteiger partial charge in [-0.15, -0.1) is 11.3 Å². The Morgan fingerprint density at radius 3 is 2.58 bits per heavy atom. The number of nitrogens with zero attached hydrogens (tertiary/aromatic N) is 2. The third-order valence-electron chi connectivity index (χ3n) is 3.55. The molecule has 26 heavy (non-hydrogen) atoms. The monoisotopic (exact) mass is 385 g/mol. The number of carbonyl (C=O) groups is 1. The van der Waals surface area contributed by atoms with E-state index in [9.17, 15) is 22.4 Å². The minimum Gasteiger partial charge on any atom is -0.389 e. The van der Waals surface area contributed by atoms with E-state index in [1.807, 2.05) is 0 Å². The van der Waals surface area contributed by atoms with Gasteiger partial charge >= 0.3 is 6.18 Å². The van der Waals surface area contributed by atoms with E-state index in [2.05, 4.69) is 15.3 Å². The third-order valence-corrected chi connectivity index (χ3v) is 4.55. The van der Waals surface area contributed by atoms with E-state index in [-0.39, 0.29) is 29.1 Å². The summed E-state index contributed by atoms with van der Waals surface area (Å²) in [6, 6.07) is 4.53. The van der Waals surface area contributed by atoms with Gasteiger partial charge in [-0.3, -0.25) is 4.79 Å². The first kappa shape index (κ1) is 18.2. The highest BCUT2D eigenvalue weighted by Crippen LogP contribution is 2.30. The number of hydrogen-bond acceptors (Lipinski definition) is 5. The number of amides is 1. The lowest BCUT2D eigenvalue weighted by Crippen LogP contribution is -2.17. The first-order valence-electron chi connectivity index (χ1n) is 7.25. The highest BCUT2D eigenvalue weighted by Gasteiger charge is 2.33. The van der Waals surface area contributed by atoms with Crippen LogP contribution < -0.4 is 5.32 Å². The van der Waals surface area contributed by atoms with E-state index < -0.39 is 23.6 Å². The number of carbonyl (C=O) groups excluding carboxylic acids is 1. The molecule has 0 radical (unpaired) electrons. The fraction of sp³-hybridized carbons (Fsp3) is 0.188. The largest absolute Gasteiger partial charge is 0.433 e. The van der Waals surface area contributed by atoms with Crippen molar-refractivity contribution in [3.05, 3.63) is 52.0 Å². The van der Waals surface area contributed by atoms with Crippen LogP contribution in [0.15, 0.2) is 24.3 Å². The molecule has 0 fully saturated rings. The molecule has 3 aromatic rings. The maximum absolute atomic E-state index is 14.5. The van der Waals surface area contributed by atoms with E-state index in [0.29, 0.717) is 15.8 Å². The van der Waals surface area contributed by atoms with Crippen molar-refractivity contribution in [3.8, 4) is 0 Å². The zero-order chi connectivity index (χ0) is 19.1. The molecule has 2 aromatic heterocycles. The number of alkyl halides is 3. The number of anilines is 1. The summed E-state index contributed by atoms with van der Waals surface area (Å²) in [5, 5.41) is 11.7. The molecular formula is C16H11F4N3O2S. The molecule has 0 spiro atoms. The minimum atomic E-state index is -4.62. The molecule has 0 saturated heterocycles. The second-order valence-electron chi connectivity index (χ2n) is 5.32.